The molecule has 2 atom stereocenters. The fourth-order valence-corrected chi connectivity index (χ4v) is 4.38. The van der Waals surface area contributed by atoms with Crippen LogP contribution in [0.25, 0.3) is 0 Å². The molecule has 1 N–H and O–H groups in total. The van der Waals surface area contributed by atoms with Crippen molar-refractivity contribution >= 4 is 41.7 Å². The van der Waals surface area contributed by atoms with Gasteiger partial charge in [0.1, 0.15) is 0 Å². The number of halogens is 4. The summed E-state index contributed by atoms with van der Waals surface area (Å²) in [5.41, 5.74) is 0. The Morgan fingerprint density at radius 2 is 2.03 bits per heavy atom. The van der Waals surface area contributed by atoms with Crippen LogP contribution >= 0.6 is 35.7 Å². The van der Waals surface area contributed by atoms with Crippen LogP contribution in [-0.2, 0) is 0 Å². The average Bonchev–Trinajstić information content (AvgIpc) is 3.09. The van der Waals surface area contributed by atoms with E-state index in [1.165, 1.54) is 9.80 Å². The normalized spacial score (nSPS) is 18.7. The summed E-state index contributed by atoms with van der Waals surface area (Å²) in [4.78, 5) is 9.25. The third-order valence-electron chi connectivity index (χ3n) is 4.79. The van der Waals surface area contributed by atoms with Crippen LogP contribution in [0.2, 0.25) is 0 Å². The fourth-order valence-electron chi connectivity index (χ4n) is 3.44. The Labute approximate surface area is 193 Å². The lowest BCUT2D eigenvalue weighted by Gasteiger charge is -2.26. The van der Waals surface area contributed by atoms with Gasteiger partial charge in [-0.05, 0) is 31.0 Å². The van der Waals surface area contributed by atoms with E-state index >= 15 is 0 Å². The molecule has 2 unspecified atom stereocenters. The molecule has 1 saturated heterocycles. The molecule has 1 fully saturated rings. The van der Waals surface area contributed by atoms with Crippen LogP contribution in [0.3, 0.4) is 0 Å². The van der Waals surface area contributed by atoms with Gasteiger partial charge < -0.3 is 10.2 Å². The Hall–Kier alpha value is -0.680. The van der Waals surface area contributed by atoms with Gasteiger partial charge >= 0.3 is 6.18 Å². The van der Waals surface area contributed by atoms with E-state index in [9.17, 15) is 13.2 Å². The van der Waals surface area contributed by atoms with E-state index in [1.807, 2.05) is 18.2 Å². The van der Waals surface area contributed by atoms with Crippen LogP contribution < -0.4 is 5.32 Å². The minimum atomic E-state index is -4.14. The predicted molar refractivity (Wildman–Crippen MR) is 126 cm³/mol. The summed E-state index contributed by atoms with van der Waals surface area (Å²) in [6.45, 7) is 6.36. The van der Waals surface area contributed by atoms with Gasteiger partial charge in [0.05, 0.1) is 6.54 Å². The van der Waals surface area contributed by atoms with Crippen molar-refractivity contribution in [1.82, 2.24) is 15.1 Å². The van der Waals surface area contributed by atoms with Crippen molar-refractivity contribution in [2.24, 2.45) is 10.9 Å². The highest BCUT2D eigenvalue weighted by atomic mass is 127. The smallest absolute Gasteiger partial charge is 0.355 e. The molecular weight excluding hydrogens is 512 g/mol. The Morgan fingerprint density at radius 1 is 1.34 bits per heavy atom. The molecule has 1 aliphatic heterocycles. The van der Waals surface area contributed by atoms with Crippen LogP contribution in [0.1, 0.15) is 20.3 Å². The lowest BCUT2D eigenvalue weighted by Crippen LogP contribution is -2.43. The Kier molecular flexibility index (Phi) is 11.7. The van der Waals surface area contributed by atoms with E-state index in [4.69, 9.17) is 0 Å². The van der Waals surface area contributed by atoms with Gasteiger partial charge in [-0.25, -0.2) is 0 Å². The zero-order chi connectivity index (χ0) is 20.6. The number of guanidine groups is 1. The number of nitrogens with zero attached hydrogens (tertiary/aromatic N) is 3. The van der Waals surface area contributed by atoms with Crippen molar-refractivity contribution in [3.05, 3.63) is 30.3 Å². The van der Waals surface area contributed by atoms with Gasteiger partial charge in [-0.3, -0.25) is 9.89 Å². The molecular formula is C20H32F3IN4S. The first-order valence-electron chi connectivity index (χ1n) is 9.77. The number of hydrogen-bond donors (Lipinski definition) is 1. The summed E-state index contributed by atoms with van der Waals surface area (Å²) in [5.74, 6) is 1.07. The zero-order valence-corrected chi connectivity index (χ0v) is 20.4. The number of thioether (sulfide) groups is 1. The summed E-state index contributed by atoms with van der Waals surface area (Å²) in [5, 5.41) is 3.79. The van der Waals surface area contributed by atoms with E-state index in [0.717, 1.165) is 32.0 Å². The van der Waals surface area contributed by atoms with Crippen LogP contribution in [0.15, 0.2) is 40.2 Å². The number of alkyl halides is 3. The van der Waals surface area contributed by atoms with Crippen LogP contribution in [0.5, 0.6) is 0 Å². The predicted octanol–water partition coefficient (Wildman–Crippen LogP) is 4.57. The number of hydrogen-bond acceptors (Lipinski definition) is 3. The van der Waals surface area contributed by atoms with Crippen LogP contribution in [-0.4, -0.2) is 73.5 Å². The molecule has 0 bridgehead atoms. The number of aliphatic imine (C=N–C) groups is 1. The quantitative estimate of drug-likeness (QED) is 0.225. The molecule has 2 rings (SSSR count). The average molecular weight is 544 g/mol. The van der Waals surface area contributed by atoms with Gasteiger partial charge in [-0.1, -0.05) is 32.0 Å². The molecule has 1 heterocycles. The number of nitrogens with one attached hydrogen (secondary N) is 1. The molecule has 1 aromatic rings. The first kappa shape index (κ1) is 26.4. The van der Waals surface area contributed by atoms with E-state index < -0.39 is 12.7 Å². The molecule has 29 heavy (non-hydrogen) atoms. The molecule has 0 saturated carbocycles. The van der Waals surface area contributed by atoms with Crippen molar-refractivity contribution < 1.29 is 13.2 Å². The van der Waals surface area contributed by atoms with E-state index in [0.29, 0.717) is 18.3 Å². The van der Waals surface area contributed by atoms with E-state index in [-0.39, 0.29) is 29.9 Å². The maximum absolute atomic E-state index is 12.7. The van der Waals surface area contributed by atoms with Crippen molar-refractivity contribution in [2.45, 2.75) is 36.6 Å². The lowest BCUT2D eigenvalue weighted by molar-refractivity contribution is -0.146. The van der Waals surface area contributed by atoms with Crippen molar-refractivity contribution in [1.29, 1.82) is 0 Å². The molecule has 0 aromatic heterocycles. The second kappa shape index (κ2) is 12.9. The highest BCUT2D eigenvalue weighted by Gasteiger charge is 2.33. The maximum atomic E-state index is 12.7. The zero-order valence-electron chi connectivity index (χ0n) is 17.3. The van der Waals surface area contributed by atoms with Gasteiger partial charge in [-0.2, -0.15) is 13.2 Å². The molecule has 0 spiro atoms. The molecule has 166 valence electrons. The Bertz CT molecular complexity index is 615. The van der Waals surface area contributed by atoms with E-state index in [2.05, 4.69) is 34.3 Å². The summed E-state index contributed by atoms with van der Waals surface area (Å²) >= 11 is 1.81. The van der Waals surface area contributed by atoms with Gasteiger partial charge in [0.25, 0.3) is 0 Å². The fraction of sp³-hybridized carbons (Fsp3) is 0.650. The molecule has 1 aromatic carbocycles. The van der Waals surface area contributed by atoms with Crippen molar-refractivity contribution in [3.63, 3.8) is 0 Å². The molecule has 0 aliphatic carbocycles. The van der Waals surface area contributed by atoms with Crippen LogP contribution in [0.4, 0.5) is 13.2 Å². The highest BCUT2D eigenvalue weighted by Crippen LogP contribution is 2.23. The van der Waals surface area contributed by atoms with Crippen molar-refractivity contribution in [3.8, 4) is 0 Å². The van der Waals surface area contributed by atoms with Crippen LogP contribution in [0, 0.1) is 5.92 Å². The maximum Gasteiger partial charge on any atom is 0.401 e. The van der Waals surface area contributed by atoms with Gasteiger partial charge in [0, 0.05) is 43.4 Å². The number of rotatable bonds is 8. The Morgan fingerprint density at radius 3 is 2.62 bits per heavy atom. The summed E-state index contributed by atoms with van der Waals surface area (Å²) in [7, 11) is 1.76. The van der Waals surface area contributed by atoms with Gasteiger partial charge in [-0.15, -0.1) is 35.7 Å². The summed E-state index contributed by atoms with van der Waals surface area (Å²) in [6.07, 6.45) is -3.25. The summed E-state index contributed by atoms with van der Waals surface area (Å²) in [6, 6.07) is 10.3. The molecule has 1 aliphatic rings. The minimum Gasteiger partial charge on any atom is -0.355 e. The standard InChI is InChI=1S/C20H31F3N4S.HI/c1-4-26(15-20(21,22)23)13-17-10-11-27(14-17)19(24-3)25-12-16(2)28-18-8-6-5-7-9-18;/h5-9,16-17H,4,10-15H2,1-3H3,(H,24,25);1H. The van der Waals surface area contributed by atoms with Gasteiger partial charge in [0.15, 0.2) is 5.96 Å². The first-order chi connectivity index (χ1) is 13.3. The number of likely N-dealkylation sites (tertiary alicyclic amines) is 1. The minimum absolute atomic E-state index is 0. The molecule has 0 amide bonds. The Balaban J connectivity index is 0.00000420. The topological polar surface area (TPSA) is 30.9 Å². The lowest BCUT2D eigenvalue weighted by atomic mass is 10.1. The summed E-state index contributed by atoms with van der Waals surface area (Å²) < 4.78 is 38.0. The molecule has 4 nitrogen and oxygen atoms in total. The van der Waals surface area contributed by atoms with Crippen molar-refractivity contribution in [2.75, 3.05) is 46.3 Å². The second-order valence-electron chi connectivity index (χ2n) is 7.21. The van der Waals surface area contributed by atoms with E-state index in [1.54, 1.807) is 25.7 Å². The third-order valence-corrected chi connectivity index (χ3v) is 5.91. The largest absolute Gasteiger partial charge is 0.401 e. The first-order valence-corrected chi connectivity index (χ1v) is 10.6. The molecule has 0 radical (unpaired) electrons. The number of benzene rings is 1. The third kappa shape index (κ3) is 9.78. The monoisotopic (exact) mass is 544 g/mol. The SMILES string of the molecule is CCN(CC1CCN(C(=NC)NCC(C)Sc2ccccc2)C1)CC(F)(F)F.I. The molecule has 9 heteroatoms. The highest BCUT2D eigenvalue weighted by molar-refractivity contribution is 14.0. The van der Waals surface area contributed by atoms with Gasteiger partial charge in [0.2, 0.25) is 0 Å². The second-order valence-corrected chi connectivity index (χ2v) is 8.73.